The third-order valence-electron chi connectivity index (χ3n) is 1.71. The first-order chi connectivity index (χ1) is 8.02. The molecule has 94 valence electrons. The Morgan fingerprint density at radius 3 is 2.47 bits per heavy atom. The van der Waals surface area contributed by atoms with E-state index in [9.17, 15) is 9.59 Å². The Labute approximate surface area is 101 Å². The quantitative estimate of drug-likeness (QED) is 0.823. The van der Waals surface area contributed by atoms with E-state index in [1.165, 1.54) is 12.6 Å². The van der Waals surface area contributed by atoms with Crippen LogP contribution in [0.1, 0.15) is 36.2 Å². The van der Waals surface area contributed by atoms with Gasteiger partial charge in [-0.05, 0) is 18.6 Å². The van der Waals surface area contributed by atoms with E-state index < -0.39 is 5.91 Å². The number of carbonyl (C=O) groups is 2. The molecule has 2 amide bonds. The fourth-order valence-corrected chi connectivity index (χ4v) is 0.964. The van der Waals surface area contributed by atoms with Gasteiger partial charge in [-0.15, -0.1) is 0 Å². The van der Waals surface area contributed by atoms with Crippen molar-refractivity contribution in [3.05, 3.63) is 29.6 Å². The molecule has 0 bridgehead atoms. The monoisotopic (exact) mass is 237 g/mol. The molecule has 0 saturated carbocycles. The lowest BCUT2D eigenvalue weighted by molar-refractivity contribution is -0.117. The summed E-state index contributed by atoms with van der Waals surface area (Å²) >= 11 is 0. The topological polar surface area (TPSA) is 85.1 Å². The van der Waals surface area contributed by atoms with Crippen LogP contribution in [0.15, 0.2) is 18.5 Å². The van der Waals surface area contributed by atoms with E-state index in [1.807, 2.05) is 0 Å². The van der Waals surface area contributed by atoms with Crippen LogP contribution < -0.4 is 11.1 Å². The van der Waals surface area contributed by atoms with Crippen molar-refractivity contribution >= 4 is 11.8 Å². The summed E-state index contributed by atoms with van der Waals surface area (Å²) in [5.41, 5.74) is 6.15. The van der Waals surface area contributed by atoms with Gasteiger partial charge in [0.2, 0.25) is 5.91 Å². The minimum Gasteiger partial charge on any atom is -0.368 e. The summed E-state index contributed by atoms with van der Waals surface area (Å²) in [5.74, 6) is -0.908. The van der Waals surface area contributed by atoms with E-state index in [2.05, 4.69) is 24.1 Å². The van der Waals surface area contributed by atoms with Gasteiger partial charge in [0.1, 0.15) is 0 Å². The highest BCUT2D eigenvalue weighted by molar-refractivity contribution is 5.97. The lowest BCUT2D eigenvalue weighted by atomic mass is 10.1. The highest BCUT2D eigenvalue weighted by Crippen LogP contribution is 2.03. The molecule has 5 heteroatoms. The van der Waals surface area contributed by atoms with E-state index in [0.29, 0.717) is 5.56 Å². The van der Waals surface area contributed by atoms with Crippen LogP contribution in [0, 0.1) is 6.92 Å². The molecule has 17 heavy (non-hydrogen) atoms. The molecular weight excluding hydrogens is 218 g/mol. The van der Waals surface area contributed by atoms with Gasteiger partial charge in [-0.2, -0.15) is 0 Å². The first kappa shape index (κ1) is 15.1. The summed E-state index contributed by atoms with van der Waals surface area (Å²) in [7, 11) is 0. The summed E-state index contributed by atoms with van der Waals surface area (Å²) in [5, 5.41) is 2.39. The van der Waals surface area contributed by atoms with Gasteiger partial charge in [-0.1, -0.05) is 20.3 Å². The number of carbonyl (C=O) groups excluding carboxylic acids is 2. The van der Waals surface area contributed by atoms with Gasteiger partial charge < -0.3 is 11.1 Å². The molecule has 1 heterocycles. The molecule has 0 saturated heterocycles. The second-order valence-electron chi connectivity index (χ2n) is 3.55. The maximum Gasteiger partial charge on any atom is 0.253 e. The minimum absolute atomic E-state index is 0.160. The van der Waals surface area contributed by atoms with Crippen LogP contribution in [0.5, 0.6) is 0 Å². The Morgan fingerprint density at radius 2 is 2.00 bits per heavy atom. The molecule has 1 aromatic heterocycles. The van der Waals surface area contributed by atoms with Crippen LogP contribution in [0.2, 0.25) is 0 Å². The molecule has 5 nitrogen and oxygen atoms in total. The van der Waals surface area contributed by atoms with Crippen LogP contribution in [-0.2, 0) is 4.79 Å². The van der Waals surface area contributed by atoms with E-state index in [-0.39, 0.29) is 12.5 Å². The van der Waals surface area contributed by atoms with Crippen LogP contribution in [0.4, 0.5) is 0 Å². The van der Waals surface area contributed by atoms with Crippen molar-refractivity contribution in [1.82, 2.24) is 10.3 Å². The van der Waals surface area contributed by atoms with Gasteiger partial charge >= 0.3 is 0 Å². The van der Waals surface area contributed by atoms with Crippen molar-refractivity contribution in [1.29, 1.82) is 0 Å². The second kappa shape index (κ2) is 8.27. The van der Waals surface area contributed by atoms with Gasteiger partial charge in [0, 0.05) is 12.4 Å². The summed E-state index contributed by atoms with van der Waals surface area (Å²) in [6.45, 7) is 5.88. The van der Waals surface area contributed by atoms with Crippen LogP contribution in [-0.4, -0.2) is 23.3 Å². The van der Waals surface area contributed by atoms with Crippen molar-refractivity contribution < 1.29 is 9.59 Å². The number of nitrogens with one attached hydrogen (secondary N) is 1. The highest BCUT2D eigenvalue weighted by Gasteiger charge is 2.08. The standard InChI is InChI=1S/C9H11N3O2.C3H8/c1-6-2-3-11-4-7(6)9(14)12-5-8(10)13;1-3-2/h2-4H,5H2,1H3,(H2,10,13)(H,12,14);3H2,1-2H3. The zero-order valence-corrected chi connectivity index (χ0v) is 10.5. The Morgan fingerprint density at radius 1 is 1.41 bits per heavy atom. The molecule has 0 aliphatic carbocycles. The summed E-state index contributed by atoms with van der Waals surface area (Å²) in [6.07, 6.45) is 4.30. The molecule has 0 fully saturated rings. The zero-order chi connectivity index (χ0) is 13.3. The largest absolute Gasteiger partial charge is 0.368 e. The van der Waals surface area contributed by atoms with Gasteiger partial charge in [-0.3, -0.25) is 14.6 Å². The van der Waals surface area contributed by atoms with Crippen molar-refractivity contribution in [3.8, 4) is 0 Å². The van der Waals surface area contributed by atoms with Gasteiger partial charge in [0.15, 0.2) is 0 Å². The first-order valence-electron chi connectivity index (χ1n) is 5.50. The van der Waals surface area contributed by atoms with E-state index in [0.717, 1.165) is 5.56 Å². The maximum atomic E-state index is 11.4. The summed E-state index contributed by atoms with van der Waals surface area (Å²) in [4.78, 5) is 25.6. The predicted octanol–water partition coefficient (Wildman–Crippen LogP) is 1.02. The molecule has 1 aromatic rings. The van der Waals surface area contributed by atoms with Crippen molar-refractivity contribution in [2.45, 2.75) is 27.2 Å². The van der Waals surface area contributed by atoms with Crippen molar-refractivity contribution in [3.63, 3.8) is 0 Å². The number of pyridine rings is 1. The van der Waals surface area contributed by atoms with Crippen LogP contribution >= 0.6 is 0 Å². The number of hydrogen-bond donors (Lipinski definition) is 2. The normalized spacial score (nSPS) is 8.88. The predicted molar refractivity (Wildman–Crippen MR) is 66.5 cm³/mol. The van der Waals surface area contributed by atoms with Crippen molar-refractivity contribution in [2.75, 3.05) is 6.54 Å². The second-order valence-corrected chi connectivity index (χ2v) is 3.55. The van der Waals surface area contributed by atoms with Gasteiger partial charge in [0.25, 0.3) is 5.91 Å². The lowest BCUT2D eigenvalue weighted by Gasteiger charge is -2.04. The molecule has 0 aliphatic rings. The highest BCUT2D eigenvalue weighted by atomic mass is 16.2. The minimum atomic E-state index is -0.570. The lowest BCUT2D eigenvalue weighted by Crippen LogP contribution is -2.33. The molecular formula is C12H19N3O2. The van der Waals surface area contributed by atoms with Crippen LogP contribution in [0.3, 0.4) is 0 Å². The average Bonchev–Trinajstić information content (AvgIpc) is 2.27. The first-order valence-corrected chi connectivity index (χ1v) is 5.50. The number of hydrogen-bond acceptors (Lipinski definition) is 3. The summed E-state index contributed by atoms with van der Waals surface area (Å²) in [6, 6.07) is 1.72. The SMILES string of the molecule is CCC.Cc1ccncc1C(=O)NCC(N)=O. The number of rotatable bonds is 3. The fourth-order valence-electron chi connectivity index (χ4n) is 0.964. The Balaban J connectivity index is 0.000000770. The van der Waals surface area contributed by atoms with E-state index in [4.69, 9.17) is 5.73 Å². The van der Waals surface area contributed by atoms with E-state index >= 15 is 0 Å². The number of primary amides is 1. The zero-order valence-electron chi connectivity index (χ0n) is 10.5. The molecule has 0 unspecified atom stereocenters. The van der Waals surface area contributed by atoms with Gasteiger partial charge in [0.05, 0.1) is 12.1 Å². The molecule has 0 aromatic carbocycles. The number of aromatic nitrogens is 1. The Kier molecular flexibility index (Phi) is 7.34. The molecule has 0 aliphatic heterocycles. The number of amides is 2. The summed E-state index contributed by atoms with van der Waals surface area (Å²) < 4.78 is 0. The third-order valence-corrected chi connectivity index (χ3v) is 1.71. The number of nitrogens with two attached hydrogens (primary N) is 1. The fraction of sp³-hybridized carbons (Fsp3) is 0.417. The molecule has 1 rings (SSSR count). The maximum absolute atomic E-state index is 11.4. The molecule has 0 radical (unpaired) electrons. The Hall–Kier alpha value is -1.91. The van der Waals surface area contributed by atoms with E-state index in [1.54, 1.807) is 19.2 Å². The Bertz CT molecular complexity index is 378. The van der Waals surface area contributed by atoms with Crippen LogP contribution in [0.25, 0.3) is 0 Å². The van der Waals surface area contributed by atoms with Crippen molar-refractivity contribution in [2.24, 2.45) is 5.73 Å². The number of nitrogens with zero attached hydrogens (tertiary/aromatic N) is 1. The average molecular weight is 237 g/mol. The number of aryl methyl sites for hydroxylation is 1. The van der Waals surface area contributed by atoms with Gasteiger partial charge in [-0.25, -0.2) is 0 Å². The third kappa shape index (κ3) is 6.29. The molecule has 3 N–H and O–H groups in total. The molecule has 0 atom stereocenters. The smallest absolute Gasteiger partial charge is 0.253 e. The molecule has 0 spiro atoms.